The van der Waals surface area contributed by atoms with Crippen molar-refractivity contribution in [3.8, 4) is 0 Å². The SMILES string of the molecule is C=C/C=C(\C=C/C)Cc1nc(C(N)=O)n[nH]1. The molecule has 0 bridgehead atoms. The van der Waals surface area contributed by atoms with E-state index in [-0.39, 0.29) is 5.82 Å². The highest BCUT2D eigenvalue weighted by atomic mass is 16.1. The molecule has 1 aromatic heterocycles. The Balaban J connectivity index is 2.81. The summed E-state index contributed by atoms with van der Waals surface area (Å²) in [5.74, 6) is -0.0313. The quantitative estimate of drug-likeness (QED) is 0.726. The van der Waals surface area contributed by atoms with Crippen molar-refractivity contribution in [2.45, 2.75) is 13.3 Å². The summed E-state index contributed by atoms with van der Waals surface area (Å²) in [5, 5.41) is 6.36. The zero-order chi connectivity index (χ0) is 12.0. The predicted molar refractivity (Wildman–Crippen MR) is 61.7 cm³/mol. The number of carbonyl (C=O) groups excluding carboxylic acids is 1. The fourth-order valence-electron chi connectivity index (χ4n) is 1.22. The minimum Gasteiger partial charge on any atom is -0.363 e. The lowest BCUT2D eigenvalue weighted by Crippen LogP contribution is -2.12. The van der Waals surface area contributed by atoms with E-state index in [1.54, 1.807) is 6.08 Å². The predicted octanol–water partition coefficient (Wildman–Crippen LogP) is 1.13. The van der Waals surface area contributed by atoms with Crippen LogP contribution < -0.4 is 5.73 Å². The minimum absolute atomic E-state index is 0.00781. The number of nitrogens with two attached hydrogens (primary N) is 1. The van der Waals surface area contributed by atoms with E-state index in [0.29, 0.717) is 12.2 Å². The second-order valence-electron chi connectivity index (χ2n) is 3.12. The van der Waals surface area contributed by atoms with Crippen LogP contribution in [0.5, 0.6) is 0 Å². The molecule has 0 aliphatic heterocycles. The van der Waals surface area contributed by atoms with Gasteiger partial charge in [-0.15, -0.1) is 5.10 Å². The van der Waals surface area contributed by atoms with Gasteiger partial charge in [0.15, 0.2) is 0 Å². The first-order valence-electron chi connectivity index (χ1n) is 4.82. The molecule has 0 atom stereocenters. The van der Waals surface area contributed by atoms with Crippen LogP contribution in [0.2, 0.25) is 0 Å². The summed E-state index contributed by atoms with van der Waals surface area (Å²) in [6, 6.07) is 0. The molecule has 16 heavy (non-hydrogen) atoms. The van der Waals surface area contributed by atoms with E-state index in [0.717, 1.165) is 5.57 Å². The van der Waals surface area contributed by atoms with Crippen LogP contribution in [0.15, 0.2) is 36.5 Å². The van der Waals surface area contributed by atoms with Gasteiger partial charge in [-0.25, -0.2) is 4.98 Å². The number of carbonyl (C=O) groups is 1. The van der Waals surface area contributed by atoms with Gasteiger partial charge in [0.25, 0.3) is 5.91 Å². The molecule has 0 saturated heterocycles. The second-order valence-corrected chi connectivity index (χ2v) is 3.12. The summed E-state index contributed by atoms with van der Waals surface area (Å²) in [4.78, 5) is 14.7. The molecule has 3 N–H and O–H groups in total. The molecule has 1 heterocycles. The molecular weight excluding hydrogens is 204 g/mol. The summed E-state index contributed by atoms with van der Waals surface area (Å²) in [6.07, 6.45) is 7.97. The van der Waals surface area contributed by atoms with Crippen molar-refractivity contribution in [1.82, 2.24) is 15.2 Å². The fraction of sp³-hybridized carbons (Fsp3) is 0.182. The average Bonchev–Trinajstić information content (AvgIpc) is 2.67. The lowest BCUT2D eigenvalue weighted by atomic mass is 10.1. The van der Waals surface area contributed by atoms with Crippen LogP contribution in [0.1, 0.15) is 23.4 Å². The van der Waals surface area contributed by atoms with Gasteiger partial charge in [-0.05, 0) is 12.5 Å². The van der Waals surface area contributed by atoms with Crippen molar-refractivity contribution in [3.63, 3.8) is 0 Å². The third kappa shape index (κ3) is 3.20. The largest absolute Gasteiger partial charge is 0.363 e. The molecule has 0 spiro atoms. The summed E-state index contributed by atoms with van der Waals surface area (Å²) in [7, 11) is 0. The fourth-order valence-corrected chi connectivity index (χ4v) is 1.22. The molecule has 0 aliphatic rings. The minimum atomic E-state index is -0.636. The standard InChI is InChI=1S/C11H14N4O/c1-3-5-8(6-4-2)7-9-13-11(10(12)16)15-14-9/h3-6H,1,7H2,2H3,(H2,12,16)(H,13,14,15)/b6-4-,8-5+. The number of allylic oxidation sites excluding steroid dienone is 5. The van der Waals surface area contributed by atoms with Gasteiger partial charge in [-0.2, -0.15) is 0 Å². The Morgan fingerprint density at radius 2 is 2.38 bits per heavy atom. The monoisotopic (exact) mass is 218 g/mol. The van der Waals surface area contributed by atoms with Gasteiger partial charge in [-0.1, -0.05) is 30.9 Å². The molecular formula is C11H14N4O. The van der Waals surface area contributed by atoms with Gasteiger partial charge < -0.3 is 5.73 Å². The number of amides is 1. The van der Waals surface area contributed by atoms with Crippen molar-refractivity contribution in [2.75, 3.05) is 0 Å². The van der Waals surface area contributed by atoms with Gasteiger partial charge in [0.2, 0.25) is 5.82 Å². The molecule has 84 valence electrons. The van der Waals surface area contributed by atoms with Crippen LogP contribution in [0, 0.1) is 0 Å². The topological polar surface area (TPSA) is 84.7 Å². The summed E-state index contributed by atoms with van der Waals surface area (Å²) >= 11 is 0. The number of hydrogen-bond donors (Lipinski definition) is 2. The molecule has 0 unspecified atom stereocenters. The van der Waals surface area contributed by atoms with Crippen LogP contribution in [-0.2, 0) is 6.42 Å². The Hall–Kier alpha value is -2.17. The number of nitrogens with one attached hydrogen (secondary N) is 1. The first-order chi connectivity index (χ1) is 7.67. The molecule has 0 aliphatic carbocycles. The van der Waals surface area contributed by atoms with Gasteiger partial charge in [0.05, 0.1) is 0 Å². The maximum absolute atomic E-state index is 10.8. The van der Waals surface area contributed by atoms with E-state index in [4.69, 9.17) is 5.73 Å². The van der Waals surface area contributed by atoms with Crippen molar-refractivity contribution >= 4 is 5.91 Å². The normalized spacial score (nSPS) is 11.9. The summed E-state index contributed by atoms with van der Waals surface area (Å²) in [5.41, 5.74) is 6.06. The molecule has 0 saturated carbocycles. The van der Waals surface area contributed by atoms with E-state index in [1.165, 1.54) is 0 Å². The van der Waals surface area contributed by atoms with E-state index >= 15 is 0 Å². The Labute approximate surface area is 93.8 Å². The summed E-state index contributed by atoms with van der Waals surface area (Å²) < 4.78 is 0. The maximum atomic E-state index is 10.8. The highest BCUT2D eigenvalue weighted by molar-refractivity contribution is 5.88. The van der Waals surface area contributed by atoms with Crippen molar-refractivity contribution in [2.24, 2.45) is 5.73 Å². The Morgan fingerprint density at radius 1 is 1.62 bits per heavy atom. The molecule has 1 amide bonds. The zero-order valence-electron chi connectivity index (χ0n) is 9.10. The van der Waals surface area contributed by atoms with Crippen LogP contribution in [-0.4, -0.2) is 21.1 Å². The van der Waals surface area contributed by atoms with Crippen molar-refractivity contribution < 1.29 is 4.79 Å². The Kier molecular flexibility index (Phi) is 4.20. The van der Waals surface area contributed by atoms with E-state index in [9.17, 15) is 4.79 Å². The lowest BCUT2D eigenvalue weighted by Gasteiger charge is -1.96. The molecule has 5 heteroatoms. The van der Waals surface area contributed by atoms with E-state index in [1.807, 2.05) is 25.2 Å². The maximum Gasteiger partial charge on any atom is 0.288 e. The van der Waals surface area contributed by atoms with Gasteiger partial charge >= 0.3 is 0 Å². The highest BCUT2D eigenvalue weighted by Gasteiger charge is 2.08. The van der Waals surface area contributed by atoms with Crippen LogP contribution in [0.4, 0.5) is 0 Å². The smallest absolute Gasteiger partial charge is 0.288 e. The highest BCUT2D eigenvalue weighted by Crippen LogP contribution is 2.05. The van der Waals surface area contributed by atoms with Gasteiger partial charge in [-0.3, -0.25) is 9.89 Å². The summed E-state index contributed by atoms with van der Waals surface area (Å²) in [6.45, 7) is 5.55. The van der Waals surface area contributed by atoms with E-state index < -0.39 is 5.91 Å². The molecule has 5 nitrogen and oxygen atoms in total. The number of H-pyrrole nitrogens is 1. The molecule has 1 aromatic rings. The first kappa shape index (κ1) is 11.9. The third-order valence-electron chi connectivity index (χ3n) is 1.84. The number of primary amides is 1. The number of aromatic nitrogens is 3. The third-order valence-corrected chi connectivity index (χ3v) is 1.84. The second kappa shape index (κ2) is 5.65. The van der Waals surface area contributed by atoms with Crippen LogP contribution in [0.25, 0.3) is 0 Å². The van der Waals surface area contributed by atoms with Crippen LogP contribution >= 0.6 is 0 Å². The van der Waals surface area contributed by atoms with Gasteiger partial charge in [0.1, 0.15) is 5.82 Å². The molecule has 0 aromatic carbocycles. The van der Waals surface area contributed by atoms with Gasteiger partial charge in [0, 0.05) is 6.42 Å². The average molecular weight is 218 g/mol. The number of aromatic amines is 1. The van der Waals surface area contributed by atoms with Crippen molar-refractivity contribution in [3.05, 3.63) is 48.1 Å². The zero-order valence-corrected chi connectivity index (χ0v) is 9.10. The number of nitrogens with zero attached hydrogens (tertiary/aromatic N) is 2. The Morgan fingerprint density at radius 3 is 2.88 bits per heavy atom. The first-order valence-corrected chi connectivity index (χ1v) is 4.82. The molecule has 1 rings (SSSR count). The van der Waals surface area contributed by atoms with Crippen molar-refractivity contribution in [1.29, 1.82) is 0 Å². The number of rotatable bonds is 5. The lowest BCUT2D eigenvalue weighted by molar-refractivity contribution is 0.0991. The Bertz CT molecular complexity index is 443. The number of hydrogen-bond acceptors (Lipinski definition) is 3. The molecule has 0 fully saturated rings. The molecule has 0 radical (unpaired) electrons. The van der Waals surface area contributed by atoms with Crippen LogP contribution in [0.3, 0.4) is 0 Å². The van der Waals surface area contributed by atoms with E-state index in [2.05, 4.69) is 21.8 Å².